The predicted molar refractivity (Wildman–Crippen MR) is 236 cm³/mol. The van der Waals surface area contributed by atoms with Gasteiger partial charge in [-0.1, -0.05) is 27.7 Å². The molecule has 24 nitrogen and oxygen atoms in total. The molecule has 1 aliphatic heterocycles. The van der Waals surface area contributed by atoms with Crippen LogP contribution >= 0.6 is 0 Å². The fraction of sp³-hybridized carbons (Fsp3) is 0.744. The molecule has 24 heteroatoms. The zero-order valence-electron chi connectivity index (χ0n) is 37.3. The highest BCUT2D eigenvalue weighted by molar-refractivity contribution is 5.97. The van der Waals surface area contributed by atoms with E-state index in [-0.39, 0.29) is 81.3 Å². The molecular weight excluding hydrogens is 823 g/mol. The summed E-state index contributed by atoms with van der Waals surface area (Å²) in [5.74, 6) is -6.82. The summed E-state index contributed by atoms with van der Waals surface area (Å²) in [7, 11) is 0. The lowest BCUT2D eigenvalue weighted by Gasteiger charge is -2.28. The van der Waals surface area contributed by atoms with Gasteiger partial charge in [-0.25, -0.2) is 0 Å². The fourth-order valence-corrected chi connectivity index (χ4v) is 6.48. The molecular formula is C39H73N15O9. The lowest BCUT2D eigenvalue weighted by molar-refractivity contribution is -0.138. The number of carboxylic acids is 1. The van der Waals surface area contributed by atoms with Gasteiger partial charge in [0.25, 0.3) is 0 Å². The first-order valence-electron chi connectivity index (χ1n) is 21.5. The molecule has 0 aromatic rings. The van der Waals surface area contributed by atoms with Gasteiger partial charge in [-0.05, 0) is 96.1 Å². The molecule has 0 aliphatic carbocycles. The van der Waals surface area contributed by atoms with Crippen LogP contribution in [0.4, 0.5) is 0 Å². The molecule has 1 aliphatic rings. The highest BCUT2D eigenvalue weighted by Gasteiger charge is 2.34. The summed E-state index contributed by atoms with van der Waals surface area (Å²) in [6.45, 7) is 8.99. The second-order valence-corrected chi connectivity index (χ2v) is 16.3. The Kier molecular flexibility index (Phi) is 25.9. The van der Waals surface area contributed by atoms with Crippen molar-refractivity contribution in [2.24, 2.45) is 50.5 Å². The molecule has 0 saturated carbocycles. The van der Waals surface area contributed by atoms with Crippen LogP contribution in [-0.2, 0) is 38.4 Å². The molecule has 19 N–H and O–H groups in total. The summed E-state index contributed by atoms with van der Waals surface area (Å²) >= 11 is 0. The number of aliphatic carboxylic acids is 1. The number of aliphatic imine (C=N–C) groups is 2. The first-order chi connectivity index (χ1) is 29.7. The van der Waals surface area contributed by atoms with E-state index in [1.54, 1.807) is 27.7 Å². The summed E-state index contributed by atoms with van der Waals surface area (Å²) in [6.07, 6.45) is 3.04. The van der Waals surface area contributed by atoms with Crippen LogP contribution in [0.3, 0.4) is 0 Å². The van der Waals surface area contributed by atoms with Crippen molar-refractivity contribution in [1.29, 1.82) is 0 Å². The Morgan fingerprint density at radius 3 is 1.54 bits per heavy atom. The molecule has 0 unspecified atom stereocenters. The zero-order valence-corrected chi connectivity index (χ0v) is 37.3. The molecule has 1 rings (SSSR count). The standard InChI is InChI=1S/C39H73N15O9/c1-21(2)19-28(36(62)49-23(5)31(57)48-20-29(55)56)53-35(61)27(14-10-18-47-39(43)44)51-34(60)26(13-9-17-46-38(41)42)50-33(59)25(11-6-7-15-40)52-37(63)30(22(3)4)54-32(58)24-12-8-16-45-24/h21-28,30,45H,6-20,40H2,1-5H3,(H,48,57)(H,49,62)(H,50,59)(H,51,60)(H,52,63)(H,53,61)(H,54,58)(H,55,56)(H4,41,42,46)(H4,43,44,47)/t23-,24-,25-,26-,27-,28-,30-/m0/s1. The van der Waals surface area contributed by atoms with Crippen molar-refractivity contribution in [1.82, 2.24) is 42.5 Å². The number of unbranched alkanes of at least 4 members (excludes halogenated alkanes) is 1. The molecule has 0 radical (unpaired) electrons. The third kappa shape index (κ3) is 22.8. The Labute approximate surface area is 369 Å². The molecule has 7 amide bonds. The van der Waals surface area contributed by atoms with Crippen molar-refractivity contribution in [2.45, 2.75) is 141 Å². The minimum absolute atomic E-state index is 0.0144. The van der Waals surface area contributed by atoms with Crippen LogP contribution in [0.15, 0.2) is 9.98 Å². The molecule has 0 aromatic carbocycles. The van der Waals surface area contributed by atoms with Crippen molar-refractivity contribution in [3.63, 3.8) is 0 Å². The van der Waals surface area contributed by atoms with Crippen LogP contribution < -0.4 is 71.2 Å². The molecule has 1 fully saturated rings. The van der Waals surface area contributed by atoms with Gasteiger partial charge in [0.1, 0.15) is 42.8 Å². The van der Waals surface area contributed by atoms with Crippen LogP contribution in [0.5, 0.6) is 0 Å². The number of hydrogen-bond acceptors (Lipinski definition) is 12. The third-order valence-electron chi connectivity index (χ3n) is 9.87. The van der Waals surface area contributed by atoms with Crippen LogP contribution in [0.25, 0.3) is 0 Å². The van der Waals surface area contributed by atoms with E-state index >= 15 is 0 Å². The second-order valence-electron chi connectivity index (χ2n) is 16.3. The number of nitrogens with two attached hydrogens (primary N) is 5. The highest BCUT2D eigenvalue weighted by atomic mass is 16.4. The first-order valence-corrected chi connectivity index (χ1v) is 21.5. The van der Waals surface area contributed by atoms with Crippen molar-refractivity contribution >= 4 is 59.2 Å². The number of carboxylic acid groups (broad SMARTS) is 1. The Morgan fingerprint density at radius 1 is 0.635 bits per heavy atom. The summed E-state index contributed by atoms with van der Waals surface area (Å²) in [6, 6.07) is -7.50. The van der Waals surface area contributed by atoms with E-state index < -0.39 is 90.3 Å². The number of hydrogen-bond donors (Lipinski definition) is 14. The molecule has 0 aromatic heterocycles. The van der Waals surface area contributed by atoms with E-state index in [0.717, 1.165) is 6.42 Å². The van der Waals surface area contributed by atoms with Gasteiger partial charge in [-0.2, -0.15) is 0 Å². The summed E-state index contributed by atoms with van der Waals surface area (Å²) < 4.78 is 0. The number of guanidine groups is 2. The predicted octanol–water partition coefficient (Wildman–Crippen LogP) is -4.19. The number of carbonyl (C=O) groups excluding carboxylic acids is 7. The van der Waals surface area contributed by atoms with Crippen LogP contribution in [-0.4, -0.2) is 139 Å². The fourth-order valence-electron chi connectivity index (χ4n) is 6.48. The molecule has 7 atom stereocenters. The van der Waals surface area contributed by atoms with Gasteiger partial charge in [0, 0.05) is 13.1 Å². The highest BCUT2D eigenvalue weighted by Crippen LogP contribution is 2.12. The van der Waals surface area contributed by atoms with E-state index in [2.05, 4.69) is 52.5 Å². The Bertz CT molecular complexity index is 1580. The SMILES string of the molecule is CC(C)C[C@H](NC(=O)[C@H](CCCN=C(N)N)NC(=O)[C@H](CCCN=C(N)N)NC(=O)[C@H](CCCCN)NC(=O)[C@@H](NC(=O)[C@@H]1CCCN1)C(C)C)C(=O)N[C@@H](C)C(=O)NCC(=O)O. The Morgan fingerprint density at radius 2 is 1.11 bits per heavy atom. The van der Waals surface area contributed by atoms with E-state index in [9.17, 15) is 38.4 Å². The Hall–Kier alpha value is -5.78. The third-order valence-corrected chi connectivity index (χ3v) is 9.87. The monoisotopic (exact) mass is 896 g/mol. The maximum atomic E-state index is 14.2. The quantitative estimate of drug-likeness (QED) is 0.0185. The van der Waals surface area contributed by atoms with Gasteiger partial charge in [0.2, 0.25) is 41.4 Å². The van der Waals surface area contributed by atoms with E-state index in [4.69, 9.17) is 33.8 Å². The molecule has 358 valence electrons. The average molecular weight is 896 g/mol. The first kappa shape index (κ1) is 55.2. The van der Waals surface area contributed by atoms with Crippen LogP contribution in [0.2, 0.25) is 0 Å². The van der Waals surface area contributed by atoms with Gasteiger partial charge in [0.15, 0.2) is 11.9 Å². The Balaban J connectivity index is 3.44. The second kappa shape index (κ2) is 29.5. The van der Waals surface area contributed by atoms with Crippen molar-refractivity contribution in [3.05, 3.63) is 0 Å². The molecule has 0 spiro atoms. The van der Waals surface area contributed by atoms with Gasteiger partial charge in [-0.3, -0.25) is 48.3 Å². The van der Waals surface area contributed by atoms with E-state index in [0.29, 0.717) is 32.4 Å². The van der Waals surface area contributed by atoms with Crippen molar-refractivity contribution < 1.29 is 43.5 Å². The van der Waals surface area contributed by atoms with Gasteiger partial charge >= 0.3 is 5.97 Å². The van der Waals surface area contributed by atoms with Crippen molar-refractivity contribution in [3.8, 4) is 0 Å². The molecule has 0 bridgehead atoms. The van der Waals surface area contributed by atoms with Gasteiger partial charge < -0.3 is 76.3 Å². The van der Waals surface area contributed by atoms with Gasteiger partial charge in [-0.15, -0.1) is 0 Å². The smallest absolute Gasteiger partial charge is 0.322 e. The van der Waals surface area contributed by atoms with E-state index in [1.165, 1.54) is 6.92 Å². The maximum absolute atomic E-state index is 14.2. The summed E-state index contributed by atoms with van der Waals surface area (Å²) in [5, 5.41) is 30.3. The number of nitrogens with zero attached hydrogens (tertiary/aromatic N) is 2. The molecule has 63 heavy (non-hydrogen) atoms. The lowest BCUT2D eigenvalue weighted by Crippen LogP contribution is -2.60. The van der Waals surface area contributed by atoms with Crippen LogP contribution in [0, 0.1) is 11.8 Å². The number of nitrogens with one attached hydrogen (secondary N) is 8. The molecule has 1 heterocycles. The summed E-state index contributed by atoms with van der Waals surface area (Å²) in [4.78, 5) is 113. The average Bonchev–Trinajstić information content (AvgIpc) is 3.75. The summed E-state index contributed by atoms with van der Waals surface area (Å²) in [5.41, 5.74) is 27.7. The number of amides is 7. The lowest BCUT2D eigenvalue weighted by atomic mass is 10.0. The topological polar surface area (TPSA) is 408 Å². The number of carbonyl (C=O) groups is 8. The minimum Gasteiger partial charge on any atom is -0.480 e. The minimum atomic E-state index is -1.30. The maximum Gasteiger partial charge on any atom is 0.322 e. The zero-order chi connectivity index (χ0) is 47.6. The van der Waals surface area contributed by atoms with E-state index in [1.807, 2.05) is 0 Å². The van der Waals surface area contributed by atoms with Crippen LogP contribution in [0.1, 0.15) is 98.8 Å². The van der Waals surface area contributed by atoms with Crippen molar-refractivity contribution in [2.75, 3.05) is 32.7 Å². The normalized spacial score (nSPS) is 16.2. The number of rotatable bonds is 30. The van der Waals surface area contributed by atoms with Gasteiger partial charge in [0.05, 0.1) is 6.04 Å². The largest absolute Gasteiger partial charge is 0.480 e. The molecule has 1 saturated heterocycles.